The van der Waals surface area contributed by atoms with Crippen molar-refractivity contribution in [2.45, 2.75) is 19.5 Å². The molecule has 2 rings (SSSR count). The zero-order valence-corrected chi connectivity index (χ0v) is 16.0. The molecule has 10 heteroatoms. The Kier molecular flexibility index (Phi) is 7.44. The molecule has 0 aliphatic rings. The van der Waals surface area contributed by atoms with E-state index in [-0.39, 0.29) is 11.7 Å². The number of hydrogen-bond acceptors (Lipinski definition) is 6. The van der Waals surface area contributed by atoms with Gasteiger partial charge in [-0.05, 0) is 57.4 Å². The Bertz CT molecular complexity index is 765. The fourth-order valence-electron chi connectivity index (χ4n) is 2.21. The van der Waals surface area contributed by atoms with Crippen LogP contribution in [0.4, 0.5) is 31.0 Å². The van der Waals surface area contributed by atoms with Crippen LogP contribution in [0.3, 0.4) is 0 Å². The van der Waals surface area contributed by atoms with Gasteiger partial charge in [-0.3, -0.25) is 5.32 Å². The molecule has 0 fully saturated rings. The van der Waals surface area contributed by atoms with Crippen molar-refractivity contribution in [3.8, 4) is 5.75 Å². The number of nitrogens with one attached hydrogen (secondary N) is 3. The summed E-state index contributed by atoms with van der Waals surface area (Å²) in [5.74, 6) is 0.738. The maximum Gasteiger partial charge on any atom is 0.394 e. The van der Waals surface area contributed by atoms with Crippen molar-refractivity contribution in [2.75, 3.05) is 43.1 Å². The lowest BCUT2D eigenvalue weighted by Crippen LogP contribution is -2.21. The molecule has 0 atom stereocenters. The molecule has 2 aromatic rings. The quantitative estimate of drug-likeness (QED) is 0.564. The SMILES string of the molecule is CN(C)CCCNc1ccnc(NC(=O)Nc2ccc(OC(C)(F)F)cc2)n1. The first-order valence-corrected chi connectivity index (χ1v) is 8.68. The van der Waals surface area contributed by atoms with Crippen molar-refractivity contribution in [1.29, 1.82) is 0 Å². The van der Waals surface area contributed by atoms with Gasteiger partial charge in [-0.1, -0.05) is 0 Å². The van der Waals surface area contributed by atoms with Crippen LogP contribution < -0.4 is 20.7 Å². The van der Waals surface area contributed by atoms with Crippen molar-refractivity contribution in [2.24, 2.45) is 0 Å². The van der Waals surface area contributed by atoms with E-state index in [1.807, 2.05) is 14.1 Å². The molecule has 8 nitrogen and oxygen atoms in total. The van der Waals surface area contributed by atoms with Crippen LogP contribution in [0.2, 0.25) is 0 Å². The summed E-state index contributed by atoms with van der Waals surface area (Å²) in [6, 6.07) is 6.72. The number of urea groups is 1. The topological polar surface area (TPSA) is 91.4 Å². The summed E-state index contributed by atoms with van der Waals surface area (Å²) >= 11 is 0. The van der Waals surface area contributed by atoms with E-state index in [1.165, 1.54) is 30.5 Å². The van der Waals surface area contributed by atoms with Crippen molar-refractivity contribution in [3.05, 3.63) is 36.5 Å². The molecule has 1 aromatic carbocycles. The van der Waals surface area contributed by atoms with Crippen LogP contribution in [0.25, 0.3) is 0 Å². The molecule has 0 spiro atoms. The van der Waals surface area contributed by atoms with Gasteiger partial charge in [0, 0.05) is 25.4 Å². The maximum atomic E-state index is 12.8. The van der Waals surface area contributed by atoms with Crippen LogP contribution >= 0.6 is 0 Å². The van der Waals surface area contributed by atoms with Gasteiger partial charge in [0.15, 0.2) is 0 Å². The fraction of sp³-hybridized carbons (Fsp3) is 0.389. The van der Waals surface area contributed by atoms with Crippen LogP contribution in [0.15, 0.2) is 36.5 Å². The normalized spacial score (nSPS) is 11.2. The lowest BCUT2D eigenvalue weighted by Gasteiger charge is -2.13. The standard InChI is InChI=1S/C18H24F2N6O2/c1-18(19,20)28-14-7-5-13(6-8-14)23-17(27)25-16-22-11-9-15(24-16)21-10-4-12-26(2)3/h5-9,11H,4,10,12H2,1-3H3,(H3,21,22,23,24,25,27). The van der Waals surface area contributed by atoms with Crippen molar-refractivity contribution < 1.29 is 18.3 Å². The average Bonchev–Trinajstić information content (AvgIpc) is 2.59. The second kappa shape index (κ2) is 9.79. The molecule has 3 N–H and O–H groups in total. The first-order valence-electron chi connectivity index (χ1n) is 8.68. The molecule has 28 heavy (non-hydrogen) atoms. The summed E-state index contributed by atoms with van der Waals surface area (Å²) in [7, 11) is 4.01. The van der Waals surface area contributed by atoms with Crippen LogP contribution in [0, 0.1) is 0 Å². The van der Waals surface area contributed by atoms with E-state index in [9.17, 15) is 13.6 Å². The number of ether oxygens (including phenoxy) is 1. The zero-order valence-electron chi connectivity index (χ0n) is 16.0. The molecule has 0 saturated heterocycles. The predicted molar refractivity (Wildman–Crippen MR) is 104 cm³/mol. The molecule has 0 radical (unpaired) electrons. The van der Waals surface area contributed by atoms with Gasteiger partial charge in [0.25, 0.3) is 0 Å². The molecule has 0 unspecified atom stereocenters. The van der Waals surface area contributed by atoms with Crippen LogP contribution in [0.1, 0.15) is 13.3 Å². The largest absolute Gasteiger partial charge is 0.433 e. The Morgan fingerprint density at radius 3 is 2.54 bits per heavy atom. The van der Waals surface area contributed by atoms with Crippen LogP contribution in [-0.2, 0) is 0 Å². The van der Waals surface area contributed by atoms with E-state index in [0.717, 1.165) is 19.5 Å². The second-order valence-corrected chi connectivity index (χ2v) is 6.36. The highest BCUT2D eigenvalue weighted by molar-refractivity contribution is 5.98. The number of rotatable bonds is 9. The minimum atomic E-state index is -3.27. The number of nitrogens with zero attached hydrogens (tertiary/aromatic N) is 3. The number of anilines is 3. The summed E-state index contributed by atoms with van der Waals surface area (Å²) in [5.41, 5.74) is 0.405. The highest BCUT2D eigenvalue weighted by atomic mass is 19.3. The molecule has 2 amide bonds. The van der Waals surface area contributed by atoms with E-state index in [4.69, 9.17) is 0 Å². The Hall–Kier alpha value is -3.01. The van der Waals surface area contributed by atoms with Gasteiger partial charge in [-0.2, -0.15) is 13.8 Å². The van der Waals surface area contributed by atoms with Crippen molar-refractivity contribution in [1.82, 2.24) is 14.9 Å². The molecule has 0 bridgehead atoms. The Morgan fingerprint density at radius 2 is 1.89 bits per heavy atom. The first-order chi connectivity index (χ1) is 13.2. The van der Waals surface area contributed by atoms with Gasteiger partial charge in [0.2, 0.25) is 5.95 Å². The minimum absolute atomic E-state index is 0.00478. The monoisotopic (exact) mass is 394 g/mol. The van der Waals surface area contributed by atoms with E-state index >= 15 is 0 Å². The summed E-state index contributed by atoms with van der Waals surface area (Å²) in [6.45, 7) is 2.34. The summed E-state index contributed by atoms with van der Waals surface area (Å²) in [4.78, 5) is 22.4. The summed E-state index contributed by atoms with van der Waals surface area (Å²) in [5, 5.41) is 8.25. The Balaban J connectivity index is 1.84. The van der Waals surface area contributed by atoms with E-state index < -0.39 is 12.1 Å². The first kappa shape index (κ1) is 21.3. The zero-order chi connectivity index (χ0) is 20.6. The van der Waals surface area contributed by atoms with E-state index in [2.05, 4.69) is 35.6 Å². The Labute approximate surface area is 162 Å². The molecular weight excluding hydrogens is 370 g/mol. The van der Waals surface area contributed by atoms with Gasteiger partial charge in [0.1, 0.15) is 11.6 Å². The molecule has 0 saturated carbocycles. The number of alkyl halides is 2. The molecule has 152 valence electrons. The number of benzene rings is 1. The third-order valence-electron chi connectivity index (χ3n) is 3.38. The highest BCUT2D eigenvalue weighted by Crippen LogP contribution is 2.22. The number of halogens is 2. The highest BCUT2D eigenvalue weighted by Gasteiger charge is 2.22. The number of carbonyl (C=O) groups excluding carboxylic acids is 1. The maximum absolute atomic E-state index is 12.8. The van der Waals surface area contributed by atoms with Crippen molar-refractivity contribution >= 4 is 23.5 Å². The van der Waals surface area contributed by atoms with E-state index in [0.29, 0.717) is 18.4 Å². The molecule has 1 aromatic heterocycles. The minimum Gasteiger partial charge on any atom is -0.433 e. The smallest absolute Gasteiger partial charge is 0.394 e. The third-order valence-corrected chi connectivity index (χ3v) is 3.38. The summed E-state index contributed by atoms with van der Waals surface area (Å²) in [6.07, 6.45) is -0.785. The summed E-state index contributed by atoms with van der Waals surface area (Å²) < 4.78 is 30.0. The van der Waals surface area contributed by atoms with Crippen LogP contribution in [-0.4, -0.2) is 54.2 Å². The van der Waals surface area contributed by atoms with Gasteiger partial charge in [-0.25, -0.2) is 9.78 Å². The third kappa shape index (κ3) is 8.12. The fourth-order valence-corrected chi connectivity index (χ4v) is 2.21. The molecule has 0 aliphatic carbocycles. The number of amides is 2. The number of hydrogen-bond donors (Lipinski definition) is 3. The van der Waals surface area contributed by atoms with Crippen molar-refractivity contribution in [3.63, 3.8) is 0 Å². The molecular formula is C18H24F2N6O2. The lowest BCUT2D eigenvalue weighted by molar-refractivity contribution is -0.158. The van der Waals surface area contributed by atoms with E-state index in [1.54, 1.807) is 6.07 Å². The van der Waals surface area contributed by atoms with Crippen LogP contribution in [0.5, 0.6) is 5.75 Å². The van der Waals surface area contributed by atoms with Gasteiger partial charge >= 0.3 is 12.1 Å². The predicted octanol–water partition coefficient (Wildman–Crippen LogP) is 3.48. The molecule has 0 aliphatic heterocycles. The van der Waals surface area contributed by atoms with Gasteiger partial charge in [0.05, 0.1) is 0 Å². The second-order valence-electron chi connectivity index (χ2n) is 6.36. The van der Waals surface area contributed by atoms with Gasteiger partial charge in [-0.15, -0.1) is 0 Å². The molecule has 1 heterocycles. The lowest BCUT2D eigenvalue weighted by atomic mass is 10.3. The van der Waals surface area contributed by atoms with Gasteiger partial charge < -0.3 is 20.3 Å². The number of carbonyl (C=O) groups is 1. The average molecular weight is 394 g/mol. The Morgan fingerprint density at radius 1 is 1.18 bits per heavy atom. The number of aromatic nitrogens is 2.